The number of methoxy groups -OCH3 is 4. The van der Waals surface area contributed by atoms with Crippen LogP contribution in [-0.2, 0) is 19.6 Å². The van der Waals surface area contributed by atoms with E-state index in [0.717, 1.165) is 16.7 Å². The highest BCUT2D eigenvalue weighted by molar-refractivity contribution is 6.00. The van der Waals surface area contributed by atoms with Crippen molar-refractivity contribution in [1.82, 2.24) is 4.90 Å². The third kappa shape index (κ3) is 4.73. The van der Waals surface area contributed by atoms with Gasteiger partial charge in [-0.1, -0.05) is 30.3 Å². The van der Waals surface area contributed by atoms with Crippen molar-refractivity contribution >= 4 is 5.91 Å². The molecule has 0 spiro atoms. The number of amides is 1. The standard InChI is InChI=1S/C27H29NO6/c1-30-21-14-24(32-3)26(25(15-21)33-4)27(29)28-11-10-19-12-23(22(31-2)13-20(19)16-28)34-17-18-8-6-5-7-9-18/h5-9,12-15H,10-11,16-17H2,1-4H3. The molecular formula is C27H29NO6. The van der Waals surface area contributed by atoms with Crippen LogP contribution in [0.25, 0.3) is 0 Å². The Morgan fingerprint density at radius 2 is 1.44 bits per heavy atom. The van der Waals surface area contributed by atoms with Crippen molar-refractivity contribution in [3.8, 4) is 28.7 Å². The van der Waals surface area contributed by atoms with Gasteiger partial charge in [0.2, 0.25) is 0 Å². The fourth-order valence-corrected chi connectivity index (χ4v) is 4.12. The molecule has 1 amide bonds. The van der Waals surface area contributed by atoms with Gasteiger partial charge in [0.25, 0.3) is 5.91 Å². The molecule has 0 saturated heterocycles. The first kappa shape index (κ1) is 23.3. The summed E-state index contributed by atoms with van der Waals surface area (Å²) in [5.74, 6) is 2.56. The van der Waals surface area contributed by atoms with Gasteiger partial charge in [-0.25, -0.2) is 0 Å². The second-order valence-corrected chi connectivity index (χ2v) is 7.93. The maximum atomic E-state index is 13.5. The fourth-order valence-electron chi connectivity index (χ4n) is 4.12. The molecular weight excluding hydrogens is 434 g/mol. The lowest BCUT2D eigenvalue weighted by Gasteiger charge is -2.30. The van der Waals surface area contributed by atoms with Gasteiger partial charge in [0.1, 0.15) is 29.4 Å². The number of hydrogen-bond acceptors (Lipinski definition) is 6. The molecule has 0 saturated carbocycles. The molecule has 1 heterocycles. The Morgan fingerprint density at radius 1 is 0.794 bits per heavy atom. The Morgan fingerprint density at radius 3 is 2.06 bits per heavy atom. The Hall–Kier alpha value is -3.87. The first-order chi connectivity index (χ1) is 16.6. The van der Waals surface area contributed by atoms with Crippen LogP contribution >= 0.6 is 0 Å². The van der Waals surface area contributed by atoms with Crippen molar-refractivity contribution < 1.29 is 28.5 Å². The van der Waals surface area contributed by atoms with E-state index in [1.807, 2.05) is 42.5 Å². The van der Waals surface area contributed by atoms with Crippen LogP contribution < -0.4 is 23.7 Å². The van der Waals surface area contributed by atoms with E-state index in [1.165, 1.54) is 14.2 Å². The highest BCUT2D eigenvalue weighted by Crippen LogP contribution is 2.38. The Kier molecular flexibility index (Phi) is 7.11. The van der Waals surface area contributed by atoms with Crippen LogP contribution in [0.15, 0.2) is 54.6 Å². The molecule has 7 nitrogen and oxygen atoms in total. The maximum Gasteiger partial charge on any atom is 0.261 e. The van der Waals surface area contributed by atoms with E-state index in [1.54, 1.807) is 31.3 Å². The molecule has 3 aromatic rings. The van der Waals surface area contributed by atoms with Crippen LogP contribution in [-0.4, -0.2) is 45.8 Å². The fraction of sp³-hybridized carbons (Fsp3) is 0.296. The molecule has 1 aliphatic heterocycles. The second-order valence-electron chi connectivity index (χ2n) is 7.93. The Labute approximate surface area is 199 Å². The summed E-state index contributed by atoms with van der Waals surface area (Å²) in [6.45, 7) is 1.47. The Balaban J connectivity index is 1.57. The molecule has 34 heavy (non-hydrogen) atoms. The van der Waals surface area contributed by atoms with Gasteiger partial charge in [0, 0.05) is 25.2 Å². The number of ether oxygens (including phenoxy) is 5. The number of hydrogen-bond donors (Lipinski definition) is 0. The number of carbonyl (C=O) groups is 1. The zero-order chi connectivity index (χ0) is 24.1. The zero-order valence-corrected chi connectivity index (χ0v) is 19.9. The van der Waals surface area contributed by atoms with Crippen molar-refractivity contribution in [3.05, 3.63) is 76.9 Å². The van der Waals surface area contributed by atoms with Gasteiger partial charge in [-0.15, -0.1) is 0 Å². The number of fused-ring (bicyclic) bond motifs is 1. The van der Waals surface area contributed by atoms with Crippen LogP contribution in [0, 0.1) is 0 Å². The topological polar surface area (TPSA) is 66.5 Å². The molecule has 0 bridgehead atoms. The van der Waals surface area contributed by atoms with E-state index >= 15 is 0 Å². The molecule has 0 fully saturated rings. The third-order valence-electron chi connectivity index (χ3n) is 5.95. The smallest absolute Gasteiger partial charge is 0.261 e. The van der Waals surface area contributed by atoms with Crippen molar-refractivity contribution in [2.45, 2.75) is 19.6 Å². The van der Waals surface area contributed by atoms with Gasteiger partial charge in [-0.05, 0) is 35.2 Å². The Bertz CT molecular complexity index is 1140. The minimum Gasteiger partial charge on any atom is -0.496 e. The quantitative estimate of drug-likeness (QED) is 0.490. The minimum atomic E-state index is -0.162. The van der Waals surface area contributed by atoms with Crippen molar-refractivity contribution in [1.29, 1.82) is 0 Å². The molecule has 3 aromatic carbocycles. The number of carbonyl (C=O) groups excluding carboxylic acids is 1. The van der Waals surface area contributed by atoms with Gasteiger partial charge in [-0.3, -0.25) is 4.79 Å². The average Bonchev–Trinajstić information content (AvgIpc) is 2.90. The van der Waals surface area contributed by atoms with E-state index in [0.29, 0.717) is 60.4 Å². The third-order valence-corrected chi connectivity index (χ3v) is 5.95. The largest absolute Gasteiger partial charge is 0.496 e. The highest BCUT2D eigenvalue weighted by Gasteiger charge is 2.29. The summed E-state index contributed by atoms with van der Waals surface area (Å²) in [5.41, 5.74) is 3.63. The first-order valence-corrected chi connectivity index (χ1v) is 11.0. The summed E-state index contributed by atoms with van der Waals surface area (Å²) < 4.78 is 27.9. The summed E-state index contributed by atoms with van der Waals surface area (Å²) in [7, 11) is 6.23. The summed E-state index contributed by atoms with van der Waals surface area (Å²) in [5, 5.41) is 0. The summed E-state index contributed by atoms with van der Waals surface area (Å²) in [6.07, 6.45) is 0.702. The summed E-state index contributed by atoms with van der Waals surface area (Å²) >= 11 is 0. The molecule has 7 heteroatoms. The number of rotatable bonds is 8. The lowest BCUT2D eigenvalue weighted by atomic mass is 9.98. The molecule has 178 valence electrons. The van der Waals surface area contributed by atoms with Crippen molar-refractivity contribution in [2.24, 2.45) is 0 Å². The minimum absolute atomic E-state index is 0.162. The molecule has 1 aliphatic rings. The highest BCUT2D eigenvalue weighted by atomic mass is 16.5. The van der Waals surface area contributed by atoms with Crippen molar-refractivity contribution in [2.75, 3.05) is 35.0 Å². The number of benzene rings is 3. The lowest BCUT2D eigenvalue weighted by molar-refractivity contribution is 0.0727. The van der Waals surface area contributed by atoms with Crippen LogP contribution in [0.4, 0.5) is 0 Å². The monoisotopic (exact) mass is 463 g/mol. The van der Waals surface area contributed by atoms with E-state index in [2.05, 4.69) is 0 Å². The summed E-state index contributed by atoms with van der Waals surface area (Å²) in [4.78, 5) is 15.3. The van der Waals surface area contributed by atoms with Crippen molar-refractivity contribution in [3.63, 3.8) is 0 Å². The van der Waals surface area contributed by atoms with E-state index in [9.17, 15) is 4.79 Å². The van der Waals surface area contributed by atoms with Crippen LogP contribution in [0.3, 0.4) is 0 Å². The zero-order valence-electron chi connectivity index (χ0n) is 19.9. The lowest BCUT2D eigenvalue weighted by Crippen LogP contribution is -2.36. The normalized spacial score (nSPS) is 12.5. The van der Waals surface area contributed by atoms with Crippen LogP contribution in [0.1, 0.15) is 27.0 Å². The number of nitrogens with zero attached hydrogens (tertiary/aromatic N) is 1. The predicted molar refractivity (Wildman–Crippen MR) is 128 cm³/mol. The van der Waals surface area contributed by atoms with E-state index in [4.69, 9.17) is 23.7 Å². The van der Waals surface area contributed by atoms with Gasteiger partial charge in [-0.2, -0.15) is 0 Å². The van der Waals surface area contributed by atoms with Gasteiger partial charge < -0.3 is 28.6 Å². The second kappa shape index (κ2) is 10.4. The molecule has 0 aliphatic carbocycles. The molecule has 0 unspecified atom stereocenters. The van der Waals surface area contributed by atoms with E-state index < -0.39 is 0 Å². The van der Waals surface area contributed by atoms with Crippen LogP contribution in [0.5, 0.6) is 28.7 Å². The molecule has 0 aromatic heterocycles. The van der Waals surface area contributed by atoms with Gasteiger partial charge in [0.05, 0.1) is 28.4 Å². The first-order valence-electron chi connectivity index (χ1n) is 11.0. The predicted octanol–water partition coefficient (Wildman–Crippen LogP) is 4.50. The maximum absolute atomic E-state index is 13.5. The van der Waals surface area contributed by atoms with E-state index in [-0.39, 0.29) is 5.91 Å². The average molecular weight is 464 g/mol. The van der Waals surface area contributed by atoms with Crippen LogP contribution in [0.2, 0.25) is 0 Å². The van der Waals surface area contributed by atoms with Gasteiger partial charge >= 0.3 is 0 Å². The SMILES string of the molecule is COc1cc(OC)c(C(=O)N2CCc3cc(OCc4ccccc4)c(OC)cc3C2)c(OC)c1. The molecule has 0 atom stereocenters. The molecule has 0 radical (unpaired) electrons. The molecule has 0 N–H and O–H groups in total. The molecule has 4 rings (SSSR count). The van der Waals surface area contributed by atoms with Gasteiger partial charge in [0.15, 0.2) is 11.5 Å². The summed E-state index contributed by atoms with van der Waals surface area (Å²) in [6, 6.07) is 17.4.